The van der Waals surface area contributed by atoms with Crippen molar-refractivity contribution in [2.45, 2.75) is 33.6 Å². The van der Waals surface area contributed by atoms with Gasteiger partial charge in [-0.1, -0.05) is 53.7 Å². The minimum Gasteiger partial charge on any atom is -0.494 e. The van der Waals surface area contributed by atoms with E-state index in [2.05, 4.69) is 26.2 Å². The van der Waals surface area contributed by atoms with Gasteiger partial charge in [0.1, 0.15) is 10.6 Å². The number of rotatable bonds is 7. The van der Waals surface area contributed by atoms with Crippen molar-refractivity contribution >= 4 is 50.0 Å². The van der Waals surface area contributed by atoms with Crippen LogP contribution in [-0.2, 0) is 31.7 Å². The van der Waals surface area contributed by atoms with Gasteiger partial charge >= 0.3 is 5.69 Å². The molecule has 3 rings (SSSR count). The van der Waals surface area contributed by atoms with Crippen molar-refractivity contribution in [1.29, 1.82) is 0 Å². The third-order valence-electron chi connectivity index (χ3n) is 5.79. The van der Waals surface area contributed by atoms with E-state index in [0.29, 0.717) is 5.69 Å². The van der Waals surface area contributed by atoms with Crippen LogP contribution in [0, 0.1) is 6.92 Å². The number of aliphatic imine (C=N–C) groups is 1. The molecule has 0 saturated heterocycles. The van der Waals surface area contributed by atoms with Gasteiger partial charge in [-0.15, -0.1) is 0 Å². The monoisotopic (exact) mass is 572 g/mol. The molecule has 0 radical (unpaired) electrons. The number of hydrogen-bond acceptors (Lipinski definition) is 6. The second-order valence-corrected chi connectivity index (χ2v) is 10.2. The lowest BCUT2D eigenvalue weighted by atomic mass is 10.1. The number of amides is 1. The number of anilines is 1. The lowest BCUT2D eigenvalue weighted by Crippen LogP contribution is -2.39. The zero-order valence-electron chi connectivity index (χ0n) is 20.9. The third-order valence-corrected chi connectivity index (χ3v) is 7.22. The highest BCUT2D eigenvalue weighted by Gasteiger charge is 2.22. The first kappa shape index (κ1) is 27.5. The Kier molecular flexibility index (Phi) is 8.97. The second kappa shape index (κ2) is 11.7. The average molecular weight is 574 g/mol. The van der Waals surface area contributed by atoms with Gasteiger partial charge in [-0.2, -0.15) is 0 Å². The molecule has 0 bridgehead atoms. The predicted molar refractivity (Wildman–Crippen MR) is 150 cm³/mol. The molecule has 2 N–H and O–H groups in total. The molecule has 0 atom stereocenters. The Hall–Kier alpha value is -3.11. The fourth-order valence-electron chi connectivity index (χ4n) is 3.68. The molecule has 1 aromatic heterocycles. The van der Waals surface area contributed by atoms with Crippen molar-refractivity contribution in [3.05, 3.63) is 84.0 Å². The number of aromatic nitrogens is 2. The molecule has 0 spiro atoms. The van der Waals surface area contributed by atoms with Crippen LogP contribution in [0.4, 0.5) is 11.4 Å². The van der Waals surface area contributed by atoms with Gasteiger partial charge in [0.2, 0.25) is 11.8 Å². The van der Waals surface area contributed by atoms with E-state index in [4.69, 9.17) is 0 Å². The maximum absolute atomic E-state index is 13.0. The summed E-state index contributed by atoms with van der Waals surface area (Å²) in [4.78, 5) is 42.8. The summed E-state index contributed by atoms with van der Waals surface area (Å²) < 4.78 is 2.82. The number of thioether (sulfide) groups is 1. The first-order valence-corrected chi connectivity index (χ1v) is 13.2. The Bertz CT molecular complexity index is 1440. The van der Waals surface area contributed by atoms with E-state index in [0.717, 1.165) is 60.6 Å². The van der Waals surface area contributed by atoms with Crippen molar-refractivity contribution in [2.75, 3.05) is 11.1 Å². The number of carbonyl (C=O) groups excluding carboxylic acids is 1. The number of carbonyl (C=O) groups is 1. The minimum absolute atomic E-state index is 0.0596. The van der Waals surface area contributed by atoms with Crippen LogP contribution in [0.3, 0.4) is 0 Å². The van der Waals surface area contributed by atoms with Crippen molar-refractivity contribution in [3.63, 3.8) is 0 Å². The number of benzene rings is 2. The number of nitrogens with one attached hydrogen (secondary N) is 1. The summed E-state index contributed by atoms with van der Waals surface area (Å²) in [6.07, 6.45) is 1.61. The Balaban J connectivity index is 1.99. The lowest BCUT2D eigenvalue weighted by Gasteiger charge is -2.15. The molecule has 0 unspecified atom stereocenters. The fourth-order valence-corrected chi connectivity index (χ4v) is 5.14. The van der Waals surface area contributed by atoms with Crippen molar-refractivity contribution in [1.82, 2.24) is 9.13 Å². The molecular weight excluding hydrogens is 544 g/mol. The SMILES string of the molecule is CCc1ccc(N=C(SCC(=O)Nc2c(C)cc(Br)cc2CC)c2c(O)n(C)c(=O)n(C)c2=O)cc1. The van der Waals surface area contributed by atoms with E-state index in [1.165, 1.54) is 14.1 Å². The van der Waals surface area contributed by atoms with Gasteiger partial charge in [0.15, 0.2) is 0 Å². The van der Waals surface area contributed by atoms with Crippen LogP contribution in [0.25, 0.3) is 0 Å². The smallest absolute Gasteiger partial charge is 0.333 e. The molecule has 0 aliphatic rings. The molecule has 190 valence electrons. The number of nitrogens with zero attached hydrogens (tertiary/aromatic N) is 3. The zero-order valence-corrected chi connectivity index (χ0v) is 23.3. The number of aromatic hydroxyl groups is 1. The maximum Gasteiger partial charge on any atom is 0.333 e. The molecule has 3 aromatic rings. The molecule has 36 heavy (non-hydrogen) atoms. The highest BCUT2D eigenvalue weighted by molar-refractivity contribution is 9.10. The van der Waals surface area contributed by atoms with Crippen molar-refractivity contribution in [2.24, 2.45) is 19.1 Å². The minimum atomic E-state index is -0.690. The predicted octanol–water partition coefficient (Wildman–Crippen LogP) is 4.44. The summed E-state index contributed by atoms with van der Waals surface area (Å²) in [5.74, 6) is -0.845. The van der Waals surface area contributed by atoms with Gasteiger partial charge in [-0.3, -0.25) is 18.7 Å². The molecule has 1 heterocycles. The Morgan fingerprint density at radius 2 is 1.75 bits per heavy atom. The van der Waals surface area contributed by atoms with Gasteiger partial charge in [-0.05, 0) is 60.7 Å². The average Bonchev–Trinajstić information content (AvgIpc) is 2.86. The van der Waals surface area contributed by atoms with Crippen LogP contribution in [0.15, 0.2) is 55.5 Å². The van der Waals surface area contributed by atoms with E-state index in [-0.39, 0.29) is 22.3 Å². The molecule has 8 nitrogen and oxygen atoms in total. The quantitative estimate of drug-likeness (QED) is 0.321. The van der Waals surface area contributed by atoms with Crippen LogP contribution in [0.5, 0.6) is 5.88 Å². The summed E-state index contributed by atoms with van der Waals surface area (Å²) in [5.41, 5.74) is 2.87. The molecule has 10 heteroatoms. The molecule has 1 amide bonds. The van der Waals surface area contributed by atoms with Crippen LogP contribution >= 0.6 is 27.7 Å². The molecule has 0 saturated carbocycles. The van der Waals surface area contributed by atoms with Crippen LogP contribution < -0.4 is 16.6 Å². The second-order valence-electron chi connectivity index (χ2n) is 8.29. The Labute approximate surface area is 222 Å². The zero-order chi connectivity index (χ0) is 26.6. The number of halogens is 1. The normalized spacial score (nSPS) is 11.6. The van der Waals surface area contributed by atoms with E-state index >= 15 is 0 Å². The molecule has 0 aliphatic carbocycles. The fraction of sp³-hybridized carbons (Fsp3) is 0.308. The first-order valence-electron chi connectivity index (χ1n) is 11.5. The molecule has 0 aliphatic heterocycles. The Morgan fingerprint density at radius 1 is 1.08 bits per heavy atom. The van der Waals surface area contributed by atoms with E-state index in [1.807, 2.05) is 57.2 Å². The largest absolute Gasteiger partial charge is 0.494 e. The van der Waals surface area contributed by atoms with Crippen LogP contribution in [-0.4, -0.2) is 30.9 Å². The number of aryl methyl sites for hydroxylation is 3. The molecule has 0 fully saturated rings. The van der Waals surface area contributed by atoms with Gasteiger partial charge in [0, 0.05) is 24.3 Å². The van der Waals surface area contributed by atoms with Gasteiger partial charge in [-0.25, -0.2) is 9.79 Å². The summed E-state index contributed by atoms with van der Waals surface area (Å²) in [6, 6.07) is 11.4. The Morgan fingerprint density at radius 3 is 2.36 bits per heavy atom. The lowest BCUT2D eigenvalue weighted by molar-refractivity contribution is -0.113. The summed E-state index contributed by atoms with van der Waals surface area (Å²) in [5, 5.41) is 13.8. The maximum atomic E-state index is 13.0. The van der Waals surface area contributed by atoms with Crippen LogP contribution in [0.2, 0.25) is 0 Å². The van der Waals surface area contributed by atoms with Gasteiger partial charge in [0.25, 0.3) is 5.56 Å². The van der Waals surface area contributed by atoms with E-state index in [1.54, 1.807) is 0 Å². The van der Waals surface area contributed by atoms with E-state index in [9.17, 15) is 19.5 Å². The van der Waals surface area contributed by atoms with Gasteiger partial charge < -0.3 is 10.4 Å². The standard InChI is InChI=1S/C26H29BrN4O4S/c1-6-16-8-10-19(11-9-16)28-23(21-24(33)30(4)26(35)31(5)25(21)34)36-14-20(32)29-22-15(3)12-18(27)13-17(22)7-2/h8-13,33H,6-7,14H2,1-5H3,(H,29,32). The van der Waals surface area contributed by atoms with Crippen LogP contribution in [0.1, 0.15) is 36.1 Å². The highest BCUT2D eigenvalue weighted by Crippen LogP contribution is 2.28. The summed E-state index contributed by atoms with van der Waals surface area (Å²) in [7, 11) is 2.70. The third kappa shape index (κ3) is 5.99. The van der Waals surface area contributed by atoms with Gasteiger partial charge in [0.05, 0.1) is 11.4 Å². The van der Waals surface area contributed by atoms with E-state index < -0.39 is 17.1 Å². The summed E-state index contributed by atoms with van der Waals surface area (Å²) in [6.45, 7) is 5.98. The summed E-state index contributed by atoms with van der Waals surface area (Å²) >= 11 is 4.51. The highest BCUT2D eigenvalue weighted by atomic mass is 79.9. The first-order chi connectivity index (χ1) is 17.1. The number of hydrogen-bond donors (Lipinski definition) is 2. The molecule has 2 aromatic carbocycles. The topological polar surface area (TPSA) is 106 Å². The molecular formula is C26H29BrN4O4S. The van der Waals surface area contributed by atoms with Crippen molar-refractivity contribution in [3.8, 4) is 5.88 Å². The van der Waals surface area contributed by atoms with Crippen molar-refractivity contribution < 1.29 is 9.90 Å².